The number of nitrogens with zero attached hydrogens (tertiary/aromatic N) is 1. The normalized spacial score (nSPS) is 27.4. The summed E-state index contributed by atoms with van der Waals surface area (Å²) in [6, 6.07) is 6.24. The van der Waals surface area contributed by atoms with Crippen molar-refractivity contribution in [2.45, 2.75) is 39.8 Å². The van der Waals surface area contributed by atoms with Crippen LogP contribution in [-0.2, 0) is 11.3 Å². The third kappa shape index (κ3) is 2.13. The summed E-state index contributed by atoms with van der Waals surface area (Å²) in [5, 5.41) is 10.2. The molecule has 1 N–H and O–H groups in total. The van der Waals surface area contributed by atoms with E-state index in [1.807, 2.05) is 4.90 Å². The van der Waals surface area contributed by atoms with Gasteiger partial charge in [-0.1, -0.05) is 26.0 Å². The molecule has 2 unspecified atom stereocenters. The maximum absolute atomic E-state index is 13.0. The summed E-state index contributed by atoms with van der Waals surface area (Å²) in [7, 11) is 0. The molecule has 1 amide bonds. The van der Waals surface area contributed by atoms with Gasteiger partial charge < -0.3 is 10.0 Å². The summed E-state index contributed by atoms with van der Waals surface area (Å²) in [5.41, 5.74) is 1.34. The van der Waals surface area contributed by atoms with Crippen LogP contribution in [0, 0.1) is 17.2 Å². The molecule has 2 aliphatic rings. The van der Waals surface area contributed by atoms with Gasteiger partial charge in [0.05, 0.1) is 5.57 Å². The minimum absolute atomic E-state index is 0.00492. The fraction of sp³-hybridized carbons (Fsp3) is 0.471. The number of hydrogen-bond acceptors (Lipinski definition) is 2. The van der Waals surface area contributed by atoms with Crippen LogP contribution < -0.4 is 0 Å². The highest BCUT2D eigenvalue weighted by atomic mass is 19.1. The van der Waals surface area contributed by atoms with Crippen LogP contribution >= 0.6 is 0 Å². The standard InChI is InChI=1S/C17H20FNO2/c1-10-14(20)13-8-17(2,3)15(13)19(16(10)21)9-11-4-6-12(18)7-5-11/h4-7,13,15,20H,8-9H2,1-3H3. The maximum Gasteiger partial charge on any atom is 0.253 e. The van der Waals surface area contributed by atoms with Crippen molar-refractivity contribution >= 4 is 5.91 Å². The van der Waals surface area contributed by atoms with E-state index < -0.39 is 0 Å². The Bertz CT molecular complexity index is 618. The summed E-state index contributed by atoms with van der Waals surface area (Å²) in [6.07, 6.45) is 0.883. The lowest BCUT2D eigenvalue weighted by molar-refractivity contribution is -0.148. The van der Waals surface area contributed by atoms with Crippen molar-refractivity contribution in [2.24, 2.45) is 11.3 Å². The summed E-state index contributed by atoms with van der Waals surface area (Å²) in [5.74, 6) is -0.108. The number of rotatable bonds is 2. The molecule has 2 atom stereocenters. The Morgan fingerprint density at radius 3 is 2.52 bits per heavy atom. The van der Waals surface area contributed by atoms with E-state index in [0.717, 1.165) is 12.0 Å². The third-order valence-corrected chi connectivity index (χ3v) is 4.85. The average molecular weight is 289 g/mol. The van der Waals surface area contributed by atoms with Crippen LogP contribution in [0.5, 0.6) is 0 Å². The molecule has 0 aromatic heterocycles. The van der Waals surface area contributed by atoms with Crippen LogP contribution in [0.4, 0.5) is 4.39 Å². The Kier molecular flexibility index (Phi) is 3.08. The van der Waals surface area contributed by atoms with Crippen LogP contribution in [0.3, 0.4) is 0 Å². The lowest BCUT2D eigenvalue weighted by Crippen LogP contribution is -2.63. The molecule has 3 rings (SSSR count). The van der Waals surface area contributed by atoms with Gasteiger partial charge in [0.2, 0.25) is 0 Å². The van der Waals surface area contributed by atoms with Crippen molar-refractivity contribution in [1.29, 1.82) is 0 Å². The maximum atomic E-state index is 13.0. The summed E-state index contributed by atoms with van der Waals surface area (Å²) in [4.78, 5) is 14.3. The fourth-order valence-corrected chi connectivity index (χ4v) is 3.75. The number of halogens is 1. The molecule has 0 bridgehead atoms. The Balaban J connectivity index is 1.92. The number of fused-ring (bicyclic) bond motifs is 1. The Labute approximate surface area is 124 Å². The second kappa shape index (κ2) is 4.58. The van der Waals surface area contributed by atoms with E-state index in [0.29, 0.717) is 12.1 Å². The van der Waals surface area contributed by atoms with Gasteiger partial charge in [0, 0.05) is 18.5 Å². The highest BCUT2D eigenvalue weighted by Crippen LogP contribution is 2.53. The van der Waals surface area contributed by atoms with Crippen LogP contribution in [0.1, 0.15) is 32.8 Å². The number of benzene rings is 1. The summed E-state index contributed by atoms with van der Waals surface area (Å²) < 4.78 is 13.0. The lowest BCUT2D eigenvalue weighted by Gasteiger charge is -2.58. The molecular weight excluding hydrogens is 269 g/mol. The molecule has 1 aliphatic heterocycles. The van der Waals surface area contributed by atoms with Gasteiger partial charge in [0.1, 0.15) is 11.6 Å². The number of carbonyl (C=O) groups is 1. The molecular formula is C17H20FNO2. The topological polar surface area (TPSA) is 40.5 Å². The zero-order chi connectivity index (χ0) is 15.4. The molecule has 0 saturated heterocycles. The van der Waals surface area contributed by atoms with Crippen molar-refractivity contribution in [3.8, 4) is 0 Å². The number of amides is 1. The summed E-state index contributed by atoms with van der Waals surface area (Å²) in [6.45, 7) is 6.37. The van der Waals surface area contributed by atoms with E-state index in [-0.39, 0.29) is 34.9 Å². The smallest absolute Gasteiger partial charge is 0.253 e. The van der Waals surface area contributed by atoms with E-state index in [1.165, 1.54) is 12.1 Å². The number of aliphatic hydroxyl groups excluding tert-OH is 1. The Hall–Kier alpha value is -1.84. The minimum Gasteiger partial charge on any atom is -0.511 e. The van der Waals surface area contributed by atoms with Gasteiger partial charge >= 0.3 is 0 Å². The molecule has 1 saturated carbocycles. The third-order valence-electron chi connectivity index (χ3n) is 4.85. The number of carbonyl (C=O) groups excluding carboxylic acids is 1. The van der Waals surface area contributed by atoms with E-state index >= 15 is 0 Å². The minimum atomic E-state index is -0.278. The van der Waals surface area contributed by atoms with Gasteiger partial charge in [0.25, 0.3) is 5.91 Å². The number of hydrogen-bond donors (Lipinski definition) is 1. The zero-order valence-electron chi connectivity index (χ0n) is 12.6. The SMILES string of the molecule is CC1=C(O)C2CC(C)(C)C2N(Cc2ccc(F)cc2)C1=O. The average Bonchev–Trinajstić information content (AvgIpc) is 2.43. The van der Waals surface area contributed by atoms with Gasteiger partial charge in [-0.15, -0.1) is 0 Å². The molecule has 3 nitrogen and oxygen atoms in total. The Morgan fingerprint density at radius 1 is 1.33 bits per heavy atom. The Morgan fingerprint density at radius 2 is 1.95 bits per heavy atom. The zero-order valence-corrected chi connectivity index (χ0v) is 12.6. The molecule has 0 radical (unpaired) electrons. The van der Waals surface area contributed by atoms with Crippen molar-refractivity contribution in [2.75, 3.05) is 0 Å². The molecule has 1 aliphatic carbocycles. The highest BCUT2D eigenvalue weighted by Gasteiger charge is 2.56. The summed E-state index contributed by atoms with van der Waals surface area (Å²) >= 11 is 0. The van der Waals surface area contributed by atoms with E-state index in [1.54, 1.807) is 19.1 Å². The van der Waals surface area contributed by atoms with E-state index in [9.17, 15) is 14.3 Å². The first-order valence-corrected chi connectivity index (χ1v) is 7.26. The highest BCUT2D eigenvalue weighted by molar-refractivity contribution is 5.95. The van der Waals surface area contributed by atoms with Crippen LogP contribution in [0.2, 0.25) is 0 Å². The molecule has 0 spiro atoms. The van der Waals surface area contributed by atoms with Crippen molar-refractivity contribution in [3.05, 3.63) is 47.0 Å². The fourth-order valence-electron chi connectivity index (χ4n) is 3.75. The first kappa shape index (κ1) is 14.1. The first-order chi connectivity index (χ1) is 9.81. The molecule has 4 heteroatoms. The molecule has 112 valence electrons. The van der Waals surface area contributed by atoms with Crippen LogP contribution in [-0.4, -0.2) is 22.0 Å². The first-order valence-electron chi connectivity index (χ1n) is 7.26. The van der Waals surface area contributed by atoms with Gasteiger partial charge in [0.15, 0.2) is 0 Å². The van der Waals surface area contributed by atoms with E-state index in [2.05, 4.69) is 13.8 Å². The quantitative estimate of drug-likeness (QED) is 0.906. The second-order valence-electron chi connectivity index (χ2n) is 6.81. The number of aliphatic hydroxyl groups is 1. The lowest BCUT2D eigenvalue weighted by atomic mass is 9.57. The van der Waals surface area contributed by atoms with Crippen LogP contribution in [0.25, 0.3) is 0 Å². The molecule has 1 heterocycles. The molecule has 1 aromatic rings. The predicted molar refractivity (Wildman–Crippen MR) is 78.0 cm³/mol. The second-order valence-corrected chi connectivity index (χ2v) is 6.81. The van der Waals surface area contributed by atoms with Crippen molar-refractivity contribution in [3.63, 3.8) is 0 Å². The van der Waals surface area contributed by atoms with E-state index in [4.69, 9.17) is 0 Å². The van der Waals surface area contributed by atoms with Crippen molar-refractivity contribution < 1.29 is 14.3 Å². The van der Waals surface area contributed by atoms with Gasteiger partial charge in [-0.05, 0) is 36.5 Å². The predicted octanol–water partition coefficient (Wildman–Crippen LogP) is 3.41. The van der Waals surface area contributed by atoms with Crippen LogP contribution in [0.15, 0.2) is 35.6 Å². The molecule has 1 fully saturated rings. The monoisotopic (exact) mass is 289 g/mol. The largest absolute Gasteiger partial charge is 0.511 e. The van der Waals surface area contributed by atoms with Crippen molar-refractivity contribution in [1.82, 2.24) is 4.90 Å². The molecule has 1 aromatic carbocycles. The van der Waals surface area contributed by atoms with Gasteiger partial charge in [-0.3, -0.25) is 4.79 Å². The molecule has 21 heavy (non-hydrogen) atoms. The van der Waals surface area contributed by atoms with Gasteiger partial charge in [-0.2, -0.15) is 0 Å². The van der Waals surface area contributed by atoms with Gasteiger partial charge in [-0.25, -0.2) is 4.39 Å².